The number of aliphatic hydroxyl groups is 2. The first-order valence-corrected chi connectivity index (χ1v) is 19.2. The molecule has 4 aliphatic heterocycles. The lowest BCUT2D eigenvalue weighted by molar-refractivity contribution is -0.157. The number of aromatic hydroxyl groups is 2. The van der Waals surface area contributed by atoms with E-state index in [2.05, 4.69) is 36.8 Å². The number of rotatable bonds is 13. The van der Waals surface area contributed by atoms with E-state index >= 15 is 0 Å². The lowest BCUT2D eigenvalue weighted by atomic mass is 9.89. The average molecular weight is 834 g/mol. The number of thiazole rings is 1. The van der Waals surface area contributed by atoms with E-state index < -0.39 is 69.2 Å². The number of aliphatic imine (C=N–C) groups is 1. The summed E-state index contributed by atoms with van der Waals surface area (Å²) in [5, 5.41) is 59.5. The van der Waals surface area contributed by atoms with Crippen LogP contribution in [0, 0.1) is 5.41 Å². The Bertz CT molecular complexity index is 2090. The zero-order valence-electron chi connectivity index (χ0n) is 29.3. The highest BCUT2D eigenvalue weighted by molar-refractivity contribution is 8.03. The van der Waals surface area contributed by atoms with Crippen LogP contribution in [0.3, 0.4) is 0 Å². The van der Waals surface area contributed by atoms with E-state index in [9.17, 15) is 49.5 Å². The number of aromatic nitrogens is 1. The van der Waals surface area contributed by atoms with E-state index in [0.29, 0.717) is 16.6 Å². The number of hydrogen-bond acceptors (Lipinski definition) is 20. The van der Waals surface area contributed by atoms with Gasteiger partial charge in [0.25, 0.3) is 17.7 Å². The van der Waals surface area contributed by atoms with E-state index in [4.69, 9.17) is 10.6 Å². The molecule has 2 unspecified atom stereocenters. The smallest absolute Gasteiger partial charge is 0.313 e. The van der Waals surface area contributed by atoms with Crippen molar-refractivity contribution in [3.63, 3.8) is 0 Å². The maximum atomic E-state index is 13.6. The molecule has 2 fully saturated rings. The van der Waals surface area contributed by atoms with Gasteiger partial charge in [0, 0.05) is 29.0 Å². The number of aliphatic carboxylic acids is 1. The molecule has 1 aromatic carbocycles. The number of fused-ring (bicyclic) bond motifs is 2. The third-order valence-electron chi connectivity index (χ3n) is 8.61. The Morgan fingerprint density at radius 1 is 1.20 bits per heavy atom. The first-order chi connectivity index (χ1) is 26.5. The molecule has 0 bridgehead atoms. The van der Waals surface area contributed by atoms with E-state index in [-0.39, 0.29) is 47.8 Å². The third kappa shape index (κ3) is 8.03. The Balaban J connectivity index is 1.10. The van der Waals surface area contributed by atoms with Crippen LogP contribution in [0.15, 0.2) is 56.9 Å². The number of nitrogen functional groups attached to an aromatic ring is 1. The van der Waals surface area contributed by atoms with Crippen molar-refractivity contribution in [2.75, 3.05) is 37.1 Å². The Morgan fingerprint density at radius 2 is 1.96 bits per heavy atom. The summed E-state index contributed by atoms with van der Waals surface area (Å²) in [5.41, 5.74) is 9.57. The van der Waals surface area contributed by atoms with Crippen molar-refractivity contribution >= 4 is 81.0 Å². The summed E-state index contributed by atoms with van der Waals surface area (Å²) in [6, 6.07) is 2.21. The molecular weight excluding hydrogens is 799 g/mol. The average Bonchev–Trinajstić information content (AvgIpc) is 3.81. The van der Waals surface area contributed by atoms with Gasteiger partial charge in [-0.2, -0.15) is 0 Å². The Morgan fingerprint density at radius 3 is 2.62 bits per heavy atom. The predicted octanol–water partition coefficient (Wildman–Crippen LogP) is -1.62. The molecule has 0 spiro atoms. The summed E-state index contributed by atoms with van der Waals surface area (Å²) in [4.78, 5) is 80.4. The van der Waals surface area contributed by atoms with Gasteiger partial charge in [0.05, 0.1) is 23.5 Å². The summed E-state index contributed by atoms with van der Waals surface area (Å²) in [5.74, 6) is -4.83. The van der Waals surface area contributed by atoms with Crippen LogP contribution in [0.2, 0.25) is 0 Å². The largest absolute Gasteiger partial charge is 0.504 e. The highest BCUT2D eigenvalue weighted by Gasteiger charge is 2.58. The number of amides is 4. The summed E-state index contributed by atoms with van der Waals surface area (Å²) < 4.78 is 0. The van der Waals surface area contributed by atoms with Crippen LogP contribution in [-0.2, 0) is 24.0 Å². The van der Waals surface area contributed by atoms with Crippen LogP contribution in [-0.4, -0.2) is 135 Å². The molecule has 5 heterocycles. The van der Waals surface area contributed by atoms with Gasteiger partial charge in [-0.1, -0.05) is 5.16 Å². The summed E-state index contributed by atoms with van der Waals surface area (Å²) >= 11 is 3.33. The highest BCUT2D eigenvalue weighted by Crippen LogP contribution is 2.45. The highest BCUT2D eigenvalue weighted by atomic mass is 32.2. The minimum absolute atomic E-state index is 0.0187. The van der Waals surface area contributed by atoms with Crippen LogP contribution in [0.5, 0.6) is 11.5 Å². The minimum atomic E-state index is -1.81. The van der Waals surface area contributed by atoms with Crippen molar-refractivity contribution in [2.45, 2.75) is 30.9 Å². The molecule has 4 aliphatic rings. The number of nitrogens with zero attached hydrogens (tertiary/aromatic N) is 6. The SMILES string of the molecule is CC(C)(ON=C(C(=O)NC1C(=O)N2CC(CSC3=CC(CO)=NC4=CN(CO)NN43)(C(=O)O)CS[C@H]12)c1csc(N)n1)C(=O)NNC(=O)c1ccc(O)c(O)c1. The van der Waals surface area contributed by atoms with E-state index in [1.54, 1.807) is 6.08 Å². The molecular formula is C31H35N11O11S3. The monoisotopic (exact) mass is 833 g/mol. The van der Waals surface area contributed by atoms with Crippen molar-refractivity contribution in [3.8, 4) is 11.5 Å². The number of carbonyl (C=O) groups is 5. The van der Waals surface area contributed by atoms with Gasteiger partial charge in [-0.15, -0.1) is 40.4 Å². The number of thioether (sulfide) groups is 2. The number of hydrogen-bond donors (Lipinski definition) is 10. The maximum absolute atomic E-state index is 13.6. The molecule has 298 valence electrons. The first-order valence-electron chi connectivity index (χ1n) is 16.3. The zero-order chi connectivity index (χ0) is 40.5. The first kappa shape index (κ1) is 40.1. The molecule has 56 heavy (non-hydrogen) atoms. The minimum Gasteiger partial charge on any atom is -0.504 e. The molecule has 4 amide bonds. The Labute approximate surface area is 329 Å². The van der Waals surface area contributed by atoms with Crippen molar-refractivity contribution in [3.05, 3.63) is 58.0 Å². The van der Waals surface area contributed by atoms with Crippen molar-refractivity contribution < 1.29 is 54.3 Å². The van der Waals surface area contributed by atoms with Crippen LogP contribution in [0.4, 0.5) is 5.13 Å². The number of phenols is 2. The number of oxime groups is 1. The molecule has 2 saturated heterocycles. The molecule has 6 rings (SSSR count). The van der Waals surface area contributed by atoms with Gasteiger partial charge in [-0.05, 0) is 38.1 Å². The summed E-state index contributed by atoms with van der Waals surface area (Å²) in [6.07, 6.45) is 3.10. The quantitative estimate of drug-likeness (QED) is 0.0469. The fraction of sp³-hybridized carbons (Fsp3) is 0.355. The van der Waals surface area contributed by atoms with Crippen molar-refractivity contribution in [2.24, 2.45) is 15.6 Å². The van der Waals surface area contributed by atoms with Crippen LogP contribution < -0.4 is 27.4 Å². The fourth-order valence-corrected chi connectivity index (χ4v) is 8.87. The maximum Gasteiger partial charge on any atom is 0.313 e. The second-order valence-electron chi connectivity index (χ2n) is 13.0. The number of benzene rings is 1. The number of β-lactam (4-membered cyclic amide) rings is 1. The number of anilines is 1. The molecule has 3 atom stereocenters. The molecule has 25 heteroatoms. The molecule has 22 nitrogen and oxygen atoms in total. The lowest BCUT2D eigenvalue weighted by Gasteiger charge is -2.53. The number of carboxylic acid groups (broad SMARTS) is 1. The molecule has 1 aromatic heterocycles. The predicted molar refractivity (Wildman–Crippen MR) is 201 cm³/mol. The number of aliphatic hydroxyl groups excluding tert-OH is 2. The van der Waals surface area contributed by atoms with E-state index in [1.165, 1.54) is 69.9 Å². The molecule has 11 N–H and O–H groups in total. The number of nitrogens with one attached hydrogen (secondary N) is 4. The zero-order valence-corrected chi connectivity index (χ0v) is 31.8. The van der Waals surface area contributed by atoms with Gasteiger partial charge in [-0.25, -0.2) is 15.0 Å². The van der Waals surface area contributed by atoms with E-state index in [1.807, 2.05) is 0 Å². The number of carbonyl (C=O) groups excluding carboxylic acids is 4. The topological polar surface area (TPSA) is 317 Å². The van der Waals surface area contributed by atoms with Gasteiger partial charge in [0.2, 0.25) is 11.5 Å². The number of hydrazine groups is 3. The number of phenolic OH excluding ortho intramolecular Hbond substituents is 2. The molecule has 0 aliphatic carbocycles. The summed E-state index contributed by atoms with van der Waals surface area (Å²) in [7, 11) is 0. The fourth-order valence-electron chi connectivity index (χ4n) is 5.42. The normalized spacial score (nSPS) is 21.9. The number of nitrogens with two attached hydrogens (primary N) is 1. The third-order valence-corrected chi connectivity index (χ3v) is 12.2. The van der Waals surface area contributed by atoms with Gasteiger partial charge in [-0.3, -0.25) is 39.8 Å². The second-order valence-corrected chi connectivity index (χ2v) is 16.0. The number of carboxylic acids is 1. The lowest BCUT2D eigenvalue weighted by Crippen LogP contribution is -2.74. The van der Waals surface area contributed by atoms with Crippen LogP contribution in [0.25, 0.3) is 0 Å². The Hall–Kier alpha value is -5.60. The summed E-state index contributed by atoms with van der Waals surface area (Å²) in [6.45, 7) is 1.67. The van der Waals surface area contributed by atoms with Gasteiger partial charge >= 0.3 is 5.97 Å². The van der Waals surface area contributed by atoms with Gasteiger partial charge < -0.3 is 46.3 Å². The van der Waals surface area contributed by atoms with E-state index in [0.717, 1.165) is 23.5 Å². The second kappa shape index (κ2) is 15.9. The Kier molecular flexibility index (Phi) is 11.4. The molecule has 2 aromatic rings. The molecule has 0 radical (unpaired) electrons. The standard InChI is InChI=1S/C31H35N11O11S3/c1-30(2,27(50)37-36-23(47)14-3-4-17(45)18(46)5-14)53-38-21(16-9-54-29(32)34-16)24(48)35-22-25(49)41-10-31(28(51)52,12-56-26(22)41)11-55-20-6-15(8-43)33-19-7-40(13-44)39-42(19)20/h3-7,9,22,26,39,43-46H,8,10-13H2,1-2H3,(H2,32,34)(H,35,48)(H,36,47)(H,37,50)(H,51,52)/t22?,26-,31?/m1/s1. The van der Waals surface area contributed by atoms with Gasteiger partial charge in [0.15, 0.2) is 28.2 Å². The van der Waals surface area contributed by atoms with Crippen LogP contribution >= 0.6 is 34.9 Å². The van der Waals surface area contributed by atoms with Gasteiger partial charge in [0.1, 0.15) is 29.3 Å². The van der Waals surface area contributed by atoms with Crippen molar-refractivity contribution in [1.82, 2.24) is 41.6 Å². The van der Waals surface area contributed by atoms with Crippen molar-refractivity contribution in [1.29, 1.82) is 0 Å². The van der Waals surface area contributed by atoms with Crippen LogP contribution in [0.1, 0.15) is 29.9 Å². The molecule has 0 saturated carbocycles.